The van der Waals surface area contributed by atoms with E-state index in [4.69, 9.17) is 4.74 Å². The van der Waals surface area contributed by atoms with Gasteiger partial charge >= 0.3 is 5.97 Å². The fourth-order valence-corrected chi connectivity index (χ4v) is 3.76. The maximum atomic E-state index is 12.5. The van der Waals surface area contributed by atoms with Crippen LogP contribution < -0.4 is 0 Å². The monoisotopic (exact) mass is 347 g/mol. The van der Waals surface area contributed by atoms with Gasteiger partial charge in [-0.15, -0.1) is 0 Å². The van der Waals surface area contributed by atoms with Gasteiger partial charge in [0.2, 0.25) is 0 Å². The predicted molar refractivity (Wildman–Crippen MR) is 75.7 cm³/mol. The van der Waals surface area contributed by atoms with Crippen LogP contribution in [0, 0.1) is 5.92 Å². The SMILES string of the molecule is O=C1O[C@H]2C[C@@H](N3C(=O)c4ccccc4C3=O)[C@@H]1C=C2Br. The van der Waals surface area contributed by atoms with Crippen molar-refractivity contribution >= 4 is 33.7 Å². The molecule has 1 aromatic carbocycles. The van der Waals surface area contributed by atoms with Crippen LogP contribution in [-0.2, 0) is 9.53 Å². The molecule has 0 aromatic heterocycles. The molecule has 2 bridgehead atoms. The third-order valence-electron chi connectivity index (χ3n) is 4.20. The Kier molecular flexibility index (Phi) is 2.60. The third kappa shape index (κ3) is 1.65. The highest BCUT2D eigenvalue weighted by Crippen LogP contribution is 2.40. The standard InChI is InChI=1S/C15H10BrNO4/c16-10-5-9-11(6-12(10)21-15(9)20)17-13(18)7-3-1-2-4-8(7)14(17)19/h1-5,9,11-12H,6H2/t9-,11+,12-/m0/s1. The fraction of sp³-hybridized carbons (Fsp3) is 0.267. The molecule has 5 nitrogen and oxygen atoms in total. The number of hydrogen-bond donors (Lipinski definition) is 0. The van der Waals surface area contributed by atoms with Crippen molar-refractivity contribution in [3.05, 3.63) is 46.0 Å². The highest BCUT2D eigenvalue weighted by atomic mass is 79.9. The second-order valence-electron chi connectivity index (χ2n) is 5.33. The molecule has 21 heavy (non-hydrogen) atoms. The van der Waals surface area contributed by atoms with Gasteiger partial charge in [0.1, 0.15) is 6.10 Å². The number of carbonyl (C=O) groups excluding carboxylic acids is 3. The molecule has 5 rings (SSSR count). The van der Waals surface area contributed by atoms with E-state index in [-0.39, 0.29) is 17.8 Å². The maximum absolute atomic E-state index is 12.5. The molecule has 2 amide bonds. The zero-order chi connectivity index (χ0) is 14.7. The zero-order valence-corrected chi connectivity index (χ0v) is 12.4. The number of nitrogens with zero attached hydrogens (tertiary/aromatic N) is 1. The topological polar surface area (TPSA) is 63.7 Å². The van der Waals surface area contributed by atoms with Gasteiger partial charge in [-0.25, -0.2) is 0 Å². The number of ether oxygens (including phenoxy) is 1. The lowest BCUT2D eigenvalue weighted by molar-refractivity contribution is -0.160. The van der Waals surface area contributed by atoms with Crippen LogP contribution in [0.25, 0.3) is 0 Å². The van der Waals surface area contributed by atoms with E-state index in [1.165, 1.54) is 4.90 Å². The summed E-state index contributed by atoms with van der Waals surface area (Å²) >= 11 is 3.36. The van der Waals surface area contributed by atoms with Gasteiger partial charge < -0.3 is 4.74 Å². The second kappa shape index (κ2) is 4.27. The van der Waals surface area contributed by atoms with E-state index < -0.39 is 18.1 Å². The normalized spacial score (nSPS) is 30.3. The number of halogens is 1. The first kappa shape index (κ1) is 12.8. The van der Waals surface area contributed by atoms with Crippen LogP contribution in [0.1, 0.15) is 27.1 Å². The summed E-state index contributed by atoms with van der Waals surface area (Å²) in [5.74, 6) is -1.63. The Morgan fingerprint density at radius 3 is 2.29 bits per heavy atom. The number of imide groups is 1. The molecule has 1 saturated heterocycles. The minimum atomic E-state index is -0.591. The van der Waals surface area contributed by atoms with E-state index in [2.05, 4.69) is 15.9 Å². The predicted octanol–water partition coefficient (Wildman–Crippen LogP) is 1.88. The van der Waals surface area contributed by atoms with Gasteiger partial charge in [-0.3, -0.25) is 19.3 Å². The zero-order valence-electron chi connectivity index (χ0n) is 10.8. The van der Waals surface area contributed by atoms with E-state index in [1.54, 1.807) is 30.3 Å². The lowest BCUT2D eigenvalue weighted by Gasteiger charge is -2.41. The van der Waals surface area contributed by atoms with Crippen molar-refractivity contribution in [1.82, 2.24) is 4.90 Å². The number of esters is 1. The largest absolute Gasteiger partial charge is 0.456 e. The Labute approximate surface area is 128 Å². The Balaban J connectivity index is 1.75. The van der Waals surface area contributed by atoms with E-state index >= 15 is 0 Å². The molecular formula is C15H10BrNO4. The molecule has 0 N–H and O–H groups in total. The summed E-state index contributed by atoms with van der Waals surface area (Å²) in [4.78, 5) is 38.1. The summed E-state index contributed by atoms with van der Waals surface area (Å²) in [6, 6.07) is 6.27. The van der Waals surface area contributed by atoms with Gasteiger partial charge in [-0.1, -0.05) is 34.1 Å². The Morgan fingerprint density at radius 1 is 1.10 bits per heavy atom. The summed E-state index contributed by atoms with van der Waals surface area (Å²) < 4.78 is 6.04. The molecular weight excluding hydrogens is 338 g/mol. The molecule has 1 aliphatic carbocycles. The summed E-state index contributed by atoms with van der Waals surface area (Å²) in [6.45, 7) is 0. The van der Waals surface area contributed by atoms with E-state index in [0.717, 1.165) is 4.48 Å². The number of hydrogen-bond acceptors (Lipinski definition) is 4. The van der Waals surface area contributed by atoms with Crippen molar-refractivity contribution in [1.29, 1.82) is 0 Å². The summed E-state index contributed by atoms with van der Waals surface area (Å²) in [7, 11) is 0. The van der Waals surface area contributed by atoms with Crippen LogP contribution in [0.2, 0.25) is 0 Å². The van der Waals surface area contributed by atoms with Crippen molar-refractivity contribution in [2.45, 2.75) is 18.6 Å². The van der Waals surface area contributed by atoms with Gasteiger partial charge in [-0.05, 0) is 12.1 Å². The first-order valence-corrected chi connectivity index (χ1v) is 7.42. The van der Waals surface area contributed by atoms with Crippen LogP contribution in [0.5, 0.6) is 0 Å². The number of rotatable bonds is 1. The second-order valence-corrected chi connectivity index (χ2v) is 6.25. The van der Waals surface area contributed by atoms with Crippen molar-refractivity contribution < 1.29 is 19.1 Å². The van der Waals surface area contributed by atoms with Crippen LogP contribution in [0.3, 0.4) is 0 Å². The van der Waals surface area contributed by atoms with Crippen molar-refractivity contribution in [3.8, 4) is 0 Å². The molecule has 3 heterocycles. The average Bonchev–Trinajstić information content (AvgIpc) is 2.73. The molecule has 0 spiro atoms. The first-order valence-electron chi connectivity index (χ1n) is 6.62. The molecule has 106 valence electrons. The van der Waals surface area contributed by atoms with Crippen LogP contribution in [0.15, 0.2) is 34.8 Å². The third-order valence-corrected chi connectivity index (χ3v) is 4.98. The number of amides is 2. The van der Waals surface area contributed by atoms with Crippen LogP contribution in [-0.4, -0.2) is 34.8 Å². The lowest BCUT2D eigenvalue weighted by Crippen LogP contribution is -2.54. The van der Waals surface area contributed by atoms with Gasteiger partial charge in [0.05, 0.1) is 23.1 Å². The molecule has 1 fully saturated rings. The lowest BCUT2D eigenvalue weighted by atomic mass is 9.84. The summed E-state index contributed by atoms with van der Waals surface area (Å²) in [6.07, 6.45) is 1.78. The Bertz CT molecular complexity index is 691. The van der Waals surface area contributed by atoms with E-state index in [9.17, 15) is 14.4 Å². The molecule has 3 aliphatic heterocycles. The van der Waals surface area contributed by atoms with Crippen molar-refractivity contribution in [3.63, 3.8) is 0 Å². The molecule has 6 heteroatoms. The van der Waals surface area contributed by atoms with Gasteiger partial charge in [0.15, 0.2) is 0 Å². The summed E-state index contributed by atoms with van der Waals surface area (Å²) in [5, 5.41) is 0. The molecule has 0 unspecified atom stereocenters. The Hall–Kier alpha value is -1.95. The molecule has 1 aromatic rings. The quantitative estimate of drug-likeness (QED) is 0.574. The highest BCUT2D eigenvalue weighted by molar-refractivity contribution is 9.11. The number of carbonyl (C=O) groups is 3. The minimum absolute atomic E-state index is 0.328. The van der Waals surface area contributed by atoms with Crippen molar-refractivity contribution in [2.24, 2.45) is 5.92 Å². The van der Waals surface area contributed by atoms with Gasteiger partial charge in [0.25, 0.3) is 11.8 Å². The van der Waals surface area contributed by atoms with E-state index in [1.807, 2.05) is 0 Å². The van der Waals surface area contributed by atoms with Crippen LogP contribution >= 0.6 is 15.9 Å². The first-order chi connectivity index (χ1) is 10.1. The number of benzene rings is 1. The Morgan fingerprint density at radius 2 is 1.71 bits per heavy atom. The van der Waals surface area contributed by atoms with Gasteiger partial charge in [-0.2, -0.15) is 0 Å². The average molecular weight is 348 g/mol. The maximum Gasteiger partial charge on any atom is 0.315 e. The molecule has 3 atom stereocenters. The fourth-order valence-electron chi connectivity index (χ4n) is 3.19. The van der Waals surface area contributed by atoms with Gasteiger partial charge in [0, 0.05) is 10.9 Å². The molecule has 0 saturated carbocycles. The minimum Gasteiger partial charge on any atom is -0.456 e. The highest BCUT2D eigenvalue weighted by Gasteiger charge is 2.51. The smallest absolute Gasteiger partial charge is 0.315 e. The number of fused-ring (bicyclic) bond motifs is 3. The van der Waals surface area contributed by atoms with E-state index in [0.29, 0.717) is 17.5 Å². The molecule has 4 aliphatic rings. The summed E-state index contributed by atoms with van der Waals surface area (Å²) in [5.41, 5.74) is 0.806. The molecule has 0 radical (unpaired) electrons. The van der Waals surface area contributed by atoms with Crippen LogP contribution in [0.4, 0.5) is 0 Å². The van der Waals surface area contributed by atoms with Crippen molar-refractivity contribution in [2.75, 3.05) is 0 Å².